The number of nitrogen functional groups attached to an aromatic ring is 1. The van der Waals surface area contributed by atoms with Gasteiger partial charge in [0, 0.05) is 18.4 Å². The summed E-state index contributed by atoms with van der Waals surface area (Å²) in [4.78, 5) is 49.3. The average molecular weight is 489 g/mol. The standard InChI is InChI=1S/C23H36N8O4/c1-4-6-8-14-34-31(35-15-9-7-5-2)23-28-21(27-22(29-23)30(3)17-32)25-16-20(33)26-19-12-10-18(24)11-13-19/h10-13,17H,4-9,14-16,24H2,1-3H3,(H,26,33)(H,25,27,28,29). The van der Waals surface area contributed by atoms with E-state index in [2.05, 4.69) is 39.4 Å². The molecular formula is C23H36N8O4. The zero-order valence-electron chi connectivity index (χ0n) is 20.7. The first-order chi connectivity index (χ1) is 17.0. The van der Waals surface area contributed by atoms with Crippen molar-refractivity contribution in [2.24, 2.45) is 0 Å². The van der Waals surface area contributed by atoms with Gasteiger partial charge in [0.15, 0.2) is 0 Å². The topological polar surface area (TPSA) is 148 Å². The lowest BCUT2D eigenvalue weighted by molar-refractivity contribution is -0.114. The lowest BCUT2D eigenvalue weighted by Crippen LogP contribution is -2.30. The molecule has 1 aromatic carbocycles. The fourth-order valence-electron chi connectivity index (χ4n) is 2.80. The number of anilines is 5. The number of nitrogens with one attached hydrogen (secondary N) is 2. The van der Waals surface area contributed by atoms with Crippen molar-refractivity contribution in [1.82, 2.24) is 15.0 Å². The summed E-state index contributed by atoms with van der Waals surface area (Å²) in [5, 5.41) is 6.78. The lowest BCUT2D eigenvalue weighted by Gasteiger charge is -2.22. The van der Waals surface area contributed by atoms with Gasteiger partial charge in [0.2, 0.25) is 24.2 Å². The summed E-state index contributed by atoms with van der Waals surface area (Å²) >= 11 is 0. The average Bonchev–Trinajstić information content (AvgIpc) is 2.87. The Bertz CT molecular complexity index is 901. The first-order valence-electron chi connectivity index (χ1n) is 11.9. The number of unbranched alkanes of at least 4 members (excludes halogenated alkanes) is 4. The molecule has 1 aromatic heterocycles. The maximum Gasteiger partial charge on any atom is 0.284 e. The van der Waals surface area contributed by atoms with E-state index in [1.54, 1.807) is 24.3 Å². The summed E-state index contributed by atoms with van der Waals surface area (Å²) in [6, 6.07) is 6.79. The lowest BCUT2D eigenvalue weighted by atomic mass is 10.3. The van der Waals surface area contributed by atoms with Crippen molar-refractivity contribution in [3.63, 3.8) is 0 Å². The quantitative estimate of drug-likeness (QED) is 0.131. The number of hydrogen-bond donors (Lipinski definition) is 3. The van der Waals surface area contributed by atoms with Gasteiger partial charge >= 0.3 is 0 Å². The van der Waals surface area contributed by atoms with Crippen LogP contribution in [0.4, 0.5) is 29.2 Å². The minimum Gasteiger partial charge on any atom is -0.399 e. The van der Waals surface area contributed by atoms with Gasteiger partial charge in [0.05, 0.1) is 19.8 Å². The van der Waals surface area contributed by atoms with Gasteiger partial charge < -0.3 is 16.4 Å². The molecule has 0 unspecified atom stereocenters. The zero-order valence-corrected chi connectivity index (χ0v) is 20.7. The summed E-state index contributed by atoms with van der Waals surface area (Å²) in [5.74, 6) is -0.0834. The van der Waals surface area contributed by atoms with E-state index in [-0.39, 0.29) is 30.3 Å². The predicted molar refractivity (Wildman–Crippen MR) is 136 cm³/mol. The first-order valence-corrected chi connectivity index (χ1v) is 11.9. The Labute approximate surface area is 206 Å². The van der Waals surface area contributed by atoms with Crippen molar-refractivity contribution < 1.29 is 19.3 Å². The van der Waals surface area contributed by atoms with E-state index >= 15 is 0 Å². The monoisotopic (exact) mass is 488 g/mol. The number of aromatic nitrogens is 3. The number of nitrogens with two attached hydrogens (primary N) is 1. The molecule has 0 aliphatic rings. The van der Waals surface area contributed by atoms with E-state index in [4.69, 9.17) is 15.4 Å². The van der Waals surface area contributed by atoms with Crippen LogP contribution < -0.4 is 26.5 Å². The molecule has 4 N–H and O–H groups in total. The van der Waals surface area contributed by atoms with Gasteiger partial charge in [-0.05, 0) is 37.1 Å². The molecule has 2 aromatic rings. The molecule has 192 valence electrons. The van der Waals surface area contributed by atoms with Crippen LogP contribution >= 0.6 is 0 Å². The van der Waals surface area contributed by atoms with Crippen LogP contribution in [0, 0.1) is 0 Å². The number of carbonyl (C=O) groups excluding carboxylic acids is 2. The van der Waals surface area contributed by atoms with Crippen molar-refractivity contribution in [3.05, 3.63) is 24.3 Å². The van der Waals surface area contributed by atoms with Crippen LogP contribution in [0.5, 0.6) is 0 Å². The number of benzene rings is 1. The second-order valence-corrected chi connectivity index (χ2v) is 7.84. The zero-order chi connectivity index (χ0) is 25.5. The van der Waals surface area contributed by atoms with E-state index < -0.39 is 0 Å². The molecule has 0 saturated carbocycles. The van der Waals surface area contributed by atoms with Crippen LogP contribution in [-0.4, -0.2) is 54.1 Å². The second-order valence-electron chi connectivity index (χ2n) is 7.84. The van der Waals surface area contributed by atoms with E-state index in [1.807, 2.05) is 0 Å². The fourth-order valence-corrected chi connectivity index (χ4v) is 2.80. The van der Waals surface area contributed by atoms with E-state index in [9.17, 15) is 9.59 Å². The van der Waals surface area contributed by atoms with Crippen LogP contribution in [0.2, 0.25) is 0 Å². The smallest absolute Gasteiger partial charge is 0.284 e. The Hall–Kier alpha value is -3.51. The molecule has 0 aliphatic carbocycles. The summed E-state index contributed by atoms with van der Waals surface area (Å²) in [7, 11) is 1.51. The molecule has 1 heterocycles. The Morgan fingerprint density at radius 1 is 0.971 bits per heavy atom. The summed E-state index contributed by atoms with van der Waals surface area (Å²) < 4.78 is 0. The minimum atomic E-state index is -0.314. The molecule has 0 aliphatic heterocycles. The number of rotatable bonds is 17. The van der Waals surface area contributed by atoms with Gasteiger partial charge in [-0.25, -0.2) is 9.68 Å². The maximum atomic E-state index is 12.4. The molecule has 0 bridgehead atoms. The number of hydrogen-bond acceptors (Lipinski definition) is 10. The molecule has 0 radical (unpaired) electrons. The second kappa shape index (κ2) is 15.4. The minimum absolute atomic E-state index is 0.0677. The van der Waals surface area contributed by atoms with Crippen LogP contribution in [0.3, 0.4) is 0 Å². The van der Waals surface area contributed by atoms with Crippen molar-refractivity contribution in [1.29, 1.82) is 0 Å². The number of amides is 2. The molecule has 0 atom stereocenters. The van der Waals surface area contributed by atoms with Gasteiger partial charge in [-0.2, -0.15) is 15.0 Å². The van der Waals surface area contributed by atoms with Crippen molar-refractivity contribution in [2.75, 3.05) is 53.3 Å². The van der Waals surface area contributed by atoms with Gasteiger partial charge in [-0.15, -0.1) is 0 Å². The predicted octanol–water partition coefficient (Wildman–Crippen LogP) is 3.15. The van der Waals surface area contributed by atoms with Crippen molar-refractivity contribution >= 4 is 41.5 Å². The highest BCUT2D eigenvalue weighted by Crippen LogP contribution is 2.17. The third-order valence-corrected chi connectivity index (χ3v) is 4.76. The van der Waals surface area contributed by atoms with Crippen LogP contribution in [0.1, 0.15) is 52.4 Å². The molecule has 12 nitrogen and oxygen atoms in total. The molecule has 35 heavy (non-hydrogen) atoms. The molecule has 2 amide bonds. The Balaban J connectivity index is 2.15. The van der Waals surface area contributed by atoms with Crippen molar-refractivity contribution in [3.8, 4) is 0 Å². The number of carbonyl (C=O) groups is 2. The van der Waals surface area contributed by atoms with Crippen LogP contribution in [0.25, 0.3) is 0 Å². The molecule has 0 fully saturated rings. The summed E-state index contributed by atoms with van der Waals surface area (Å²) in [5.41, 5.74) is 6.88. The van der Waals surface area contributed by atoms with E-state index in [0.717, 1.165) is 43.8 Å². The normalized spacial score (nSPS) is 10.6. The highest BCUT2D eigenvalue weighted by molar-refractivity contribution is 5.93. The highest BCUT2D eigenvalue weighted by atomic mass is 16.9. The Kier molecular flexibility index (Phi) is 12.2. The van der Waals surface area contributed by atoms with Crippen molar-refractivity contribution in [2.45, 2.75) is 52.4 Å². The fraction of sp³-hybridized carbons (Fsp3) is 0.522. The van der Waals surface area contributed by atoms with Gasteiger partial charge in [0.25, 0.3) is 5.95 Å². The molecule has 0 saturated heterocycles. The van der Waals surface area contributed by atoms with Crippen LogP contribution in [-0.2, 0) is 19.3 Å². The van der Waals surface area contributed by atoms with E-state index in [0.29, 0.717) is 31.0 Å². The summed E-state index contributed by atoms with van der Waals surface area (Å²) in [6.07, 6.45) is 6.37. The summed E-state index contributed by atoms with van der Waals surface area (Å²) in [6.45, 7) is 4.92. The first kappa shape index (κ1) is 27.7. The van der Waals surface area contributed by atoms with Gasteiger partial charge in [0.1, 0.15) is 0 Å². The van der Waals surface area contributed by atoms with Crippen LogP contribution in [0.15, 0.2) is 24.3 Å². The highest BCUT2D eigenvalue weighted by Gasteiger charge is 2.18. The maximum absolute atomic E-state index is 12.4. The van der Waals surface area contributed by atoms with Gasteiger partial charge in [-0.3, -0.25) is 14.5 Å². The molecule has 2 rings (SSSR count). The Morgan fingerprint density at radius 3 is 2.14 bits per heavy atom. The molecule has 12 heteroatoms. The third kappa shape index (κ3) is 10.1. The molecule has 0 spiro atoms. The van der Waals surface area contributed by atoms with E-state index in [1.165, 1.54) is 11.9 Å². The van der Waals surface area contributed by atoms with Gasteiger partial charge in [-0.1, -0.05) is 44.8 Å². The largest absolute Gasteiger partial charge is 0.399 e. The Morgan fingerprint density at radius 2 is 1.57 bits per heavy atom. The number of nitrogens with zero attached hydrogens (tertiary/aromatic N) is 5. The SMILES string of the molecule is CCCCCON(OCCCCC)c1nc(NCC(=O)Nc2ccc(N)cc2)nc(N(C)C=O)n1. The third-order valence-electron chi connectivity index (χ3n) is 4.76. The molecular weight excluding hydrogens is 452 g/mol.